The number of nitrogens with one attached hydrogen (secondary N) is 2. The highest BCUT2D eigenvalue weighted by Crippen LogP contribution is 2.33. The maximum Gasteiger partial charge on any atom is 0.216 e. The van der Waals surface area contributed by atoms with Gasteiger partial charge in [-0.2, -0.15) is 5.10 Å². The Hall–Kier alpha value is -1.58. The predicted octanol–water partition coefficient (Wildman–Crippen LogP) is 3.70. The van der Waals surface area contributed by atoms with Gasteiger partial charge in [0.1, 0.15) is 5.82 Å². The van der Waals surface area contributed by atoms with Crippen LogP contribution in [0, 0.1) is 5.41 Å². The smallest absolute Gasteiger partial charge is 0.216 e. The Morgan fingerprint density at radius 1 is 1.48 bits per heavy atom. The number of piperidine rings is 1. The van der Waals surface area contributed by atoms with Gasteiger partial charge >= 0.3 is 0 Å². The topological polar surface area (TPSA) is 82.3 Å². The third kappa shape index (κ3) is 5.70. The number of hydrogen-bond acceptors (Lipinski definition) is 4. The van der Waals surface area contributed by atoms with E-state index in [1.165, 1.54) is 25.7 Å². The Labute approximate surface area is 178 Å². The highest BCUT2D eigenvalue weighted by Gasteiger charge is 2.31. The number of hydrogen-bond donors (Lipinski definition) is 2. The molecule has 2 aromatic heterocycles. The van der Waals surface area contributed by atoms with Crippen molar-refractivity contribution in [1.29, 1.82) is 0 Å². The van der Waals surface area contributed by atoms with Gasteiger partial charge in [-0.1, -0.05) is 20.3 Å². The van der Waals surface area contributed by atoms with E-state index in [0.717, 1.165) is 37.8 Å². The molecule has 150 valence electrons. The van der Waals surface area contributed by atoms with Gasteiger partial charge in [0.15, 0.2) is 11.7 Å². The number of halogens is 1. The van der Waals surface area contributed by atoms with Gasteiger partial charge in [0.05, 0.1) is 6.26 Å². The van der Waals surface area contributed by atoms with Crippen LogP contribution in [0.1, 0.15) is 45.4 Å². The van der Waals surface area contributed by atoms with E-state index in [9.17, 15) is 0 Å². The van der Waals surface area contributed by atoms with E-state index >= 15 is 0 Å². The average molecular weight is 486 g/mol. The van der Waals surface area contributed by atoms with E-state index in [0.29, 0.717) is 17.0 Å². The van der Waals surface area contributed by atoms with Gasteiger partial charge in [-0.3, -0.25) is 10.1 Å². The van der Waals surface area contributed by atoms with Gasteiger partial charge in [-0.25, -0.2) is 4.98 Å². The normalized spacial score (nSPS) is 20.4. The number of aromatic nitrogens is 3. The Morgan fingerprint density at radius 3 is 3.04 bits per heavy atom. The first-order chi connectivity index (χ1) is 12.6. The lowest BCUT2D eigenvalue weighted by Gasteiger charge is -2.42. The number of likely N-dealkylation sites (tertiary alicyclic amines) is 1. The summed E-state index contributed by atoms with van der Waals surface area (Å²) in [5.41, 5.74) is 0.396. The Bertz CT molecular complexity index is 710. The fourth-order valence-electron chi connectivity index (χ4n) is 3.85. The third-order valence-corrected chi connectivity index (χ3v) is 5.06. The molecule has 1 unspecified atom stereocenters. The third-order valence-electron chi connectivity index (χ3n) is 5.06. The molecule has 3 heterocycles. The molecule has 1 fully saturated rings. The van der Waals surface area contributed by atoms with Crippen molar-refractivity contribution < 1.29 is 4.42 Å². The SMILES string of the molecule is CCCC1(C)CCCN(C(=NC)NCCc2nc(-c3ccco3)n[nH]2)C1.I. The molecule has 7 nitrogen and oxygen atoms in total. The van der Waals surface area contributed by atoms with Crippen molar-refractivity contribution in [1.82, 2.24) is 25.4 Å². The van der Waals surface area contributed by atoms with E-state index in [-0.39, 0.29) is 24.0 Å². The van der Waals surface area contributed by atoms with Gasteiger partial charge < -0.3 is 14.6 Å². The maximum absolute atomic E-state index is 5.33. The number of aliphatic imine (C=N–C) groups is 1. The van der Waals surface area contributed by atoms with Crippen molar-refractivity contribution >= 4 is 29.9 Å². The fourth-order valence-corrected chi connectivity index (χ4v) is 3.85. The monoisotopic (exact) mass is 486 g/mol. The van der Waals surface area contributed by atoms with Gasteiger partial charge in [0.2, 0.25) is 5.82 Å². The molecule has 1 saturated heterocycles. The molecule has 1 atom stereocenters. The lowest BCUT2D eigenvalue weighted by atomic mass is 9.78. The minimum absolute atomic E-state index is 0. The molecule has 0 spiro atoms. The Balaban J connectivity index is 0.00000261. The summed E-state index contributed by atoms with van der Waals surface area (Å²) < 4.78 is 5.33. The maximum atomic E-state index is 5.33. The molecule has 0 bridgehead atoms. The molecule has 0 amide bonds. The first-order valence-electron chi connectivity index (χ1n) is 9.54. The Kier molecular flexibility index (Phi) is 8.12. The molecule has 27 heavy (non-hydrogen) atoms. The summed E-state index contributed by atoms with van der Waals surface area (Å²) in [6, 6.07) is 3.69. The van der Waals surface area contributed by atoms with Gasteiger partial charge in [-0.05, 0) is 36.8 Å². The summed E-state index contributed by atoms with van der Waals surface area (Å²) >= 11 is 0. The lowest BCUT2D eigenvalue weighted by Crippen LogP contribution is -2.50. The van der Waals surface area contributed by atoms with Crippen LogP contribution in [0.2, 0.25) is 0 Å². The Morgan fingerprint density at radius 2 is 2.33 bits per heavy atom. The highest BCUT2D eigenvalue weighted by molar-refractivity contribution is 14.0. The molecule has 0 saturated carbocycles. The second kappa shape index (κ2) is 10.1. The van der Waals surface area contributed by atoms with Gasteiger partial charge in [-0.15, -0.1) is 24.0 Å². The second-order valence-electron chi connectivity index (χ2n) is 7.39. The molecule has 3 rings (SSSR count). The highest BCUT2D eigenvalue weighted by atomic mass is 127. The molecule has 0 radical (unpaired) electrons. The van der Waals surface area contributed by atoms with Crippen LogP contribution < -0.4 is 5.32 Å². The molecule has 2 aromatic rings. The average Bonchev–Trinajstić information content (AvgIpc) is 3.30. The molecule has 1 aliphatic rings. The molecule has 0 aromatic carbocycles. The van der Waals surface area contributed by atoms with Crippen LogP contribution in [0.15, 0.2) is 27.8 Å². The zero-order chi connectivity index (χ0) is 18.4. The molecule has 0 aliphatic carbocycles. The molecule has 8 heteroatoms. The van der Waals surface area contributed by atoms with Crippen molar-refractivity contribution in [2.45, 2.75) is 46.0 Å². The molecular formula is C19H31IN6O. The molecular weight excluding hydrogens is 455 g/mol. The van der Waals surface area contributed by atoms with Crippen molar-refractivity contribution in [3.8, 4) is 11.6 Å². The van der Waals surface area contributed by atoms with E-state index in [1.54, 1.807) is 6.26 Å². The van der Waals surface area contributed by atoms with Crippen LogP contribution in [0.5, 0.6) is 0 Å². The van der Waals surface area contributed by atoms with E-state index in [1.807, 2.05) is 19.2 Å². The number of nitrogens with zero attached hydrogens (tertiary/aromatic N) is 4. The summed E-state index contributed by atoms with van der Waals surface area (Å²) in [5, 5.41) is 10.7. The van der Waals surface area contributed by atoms with Crippen molar-refractivity contribution in [3.05, 3.63) is 24.2 Å². The van der Waals surface area contributed by atoms with Gasteiger partial charge in [0, 0.05) is 33.1 Å². The summed E-state index contributed by atoms with van der Waals surface area (Å²) in [4.78, 5) is 11.4. The predicted molar refractivity (Wildman–Crippen MR) is 118 cm³/mol. The van der Waals surface area contributed by atoms with Crippen molar-refractivity contribution in [2.24, 2.45) is 10.4 Å². The molecule has 2 N–H and O–H groups in total. The number of H-pyrrole nitrogens is 1. The second-order valence-corrected chi connectivity index (χ2v) is 7.39. The van der Waals surface area contributed by atoms with E-state index in [2.05, 4.69) is 44.2 Å². The van der Waals surface area contributed by atoms with E-state index in [4.69, 9.17) is 4.42 Å². The van der Waals surface area contributed by atoms with Crippen LogP contribution in [0.25, 0.3) is 11.6 Å². The lowest BCUT2D eigenvalue weighted by molar-refractivity contribution is 0.142. The number of furan rings is 1. The van der Waals surface area contributed by atoms with Crippen LogP contribution in [-0.2, 0) is 6.42 Å². The quantitative estimate of drug-likeness (QED) is 0.370. The fraction of sp³-hybridized carbons (Fsp3) is 0.632. The zero-order valence-electron chi connectivity index (χ0n) is 16.5. The zero-order valence-corrected chi connectivity index (χ0v) is 18.8. The minimum Gasteiger partial charge on any atom is -0.461 e. The summed E-state index contributed by atoms with van der Waals surface area (Å²) in [5.74, 6) is 3.10. The molecule has 1 aliphatic heterocycles. The van der Waals surface area contributed by atoms with Crippen LogP contribution in [0.3, 0.4) is 0 Å². The number of guanidine groups is 1. The van der Waals surface area contributed by atoms with Crippen LogP contribution >= 0.6 is 24.0 Å². The largest absolute Gasteiger partial charge is 0.461 e. The van der Waals surface area contributed by atoms with Crippen LogP contribution in [0.4, 0.5) is 0 Å². The first-order valence-corrected chi connectivity index (χ1v) is 9.54. The standard InChI is InChI=1S/C19H30N6O.HI/c1-4-9-19(2)10-6-12-25(14-19)18(20-3)21-11-8-16-22-17(24-23-16)15-7-5-13-26-15;/h5,7,13H,4,6,8-12,14H2,1-3H3,(H,20,21)(H,22,23,24);1H. The minimum atomic E-state index is 0. The first kappa shape index (κ1) is 21.7. The summed E-state index contributed by atoms with van der Waals surface area (Å²) in [6.07, 6.45) is 7.43. The van der Waals surface area contributed by atoms with Crippen LogP contribution in [-0.4, -0.2) is 52.7 Å². The summed E-state index contributed by atoms with van der Waals surface area (Å²) in [7, 11) is 1.86. The van der Waals surface area contributed by atoms with Crippen molar-refractivity contribution in [2.75, 3.05) is 26.7 Å². The summed E-state index contributed by atoms with van der Waals surface area (Å²) in [6.45, 7) is 7.59. The number of rotatable bonds is 6. The van der Waals surface area contributed by atoms with E-state index < -0.39 is 0 Å². The number of aromatic amines is 1. The van der Waals surface area contributed by atoms with Gasteiger partial charge in [0.25, 0.3) is 0 Å². The van der Waals surface area contributed by atoms with Crippen molar-refractivity contribution in [3.63, 3.8) is 0 Å².